The molecule has 5 aromatic rings. The number of amides is 3. The molecule has 0 aliphatic heterocycles. The Kier molecular flexibility index (Phi) is 10.7. The number of methoxy groups -OCH3 is 2. The molecular weight excluding hydrogens is 621 g/mol. The van der Waals surface area contributed by atoms with Crippen LogP contribution in [0.3, 0.4) is 0 Å². The van der Waals surface area contributed by atoms with Gasteiger partial charge in [0.2, 0.25) is 5.91 Å². The molecule has 1 unspecified atom stereocenters. The molecule has 5 rings (SSSR count). The molecule has 0 aliphatic carbocycles. The van der Waals surface area contributed by atoms with E-state index in [2.05, 4.69) is 20.9 Å². The maximum absolute atomic E-state index is 13.7. The van der Waals surface area contributed by atoms with Crippen molar-refractivity contribution in [3.05, 3.63) is 114 Å². The van der Waals surface area contributed by atoms with E-state index in [4.69, 9.17) is 9.47 Å². The molecule has 9 nitrogen and oxygen atoms in total. The zero-order chi connectivity index (χ0) is 32.5. The maximum Gasteiger partial charge on any atom is 0.272 e. The molecule has 1 aromatic heterocycles. The van der Waals surface area contributed by atoms with Crippen LogP contribution in [0.1, 0.15) is 29.3 Å². The van der Waals surface area contributed by atoms with E-state index in [1.54, 1.807) is 73.8 Å². The molecule has 1 heterocycles. The molecule has 0 fully saturated rings. The number of hydrogen-bond donors (Lipinski definition) is 3. The van der Waals surface area contributed by atoms with Crippen LogP contribution in [0.5, 0.6) is 11.5 Å². The number of fused-ring (bicyclic) bond motifs is 1. The van der Waals surface area contributed by atoms with Gasteiger partial charge in [0, 0.05) is 21.7 Å². The number of aromatic nitrogens is 1. The van der Waals surface area contributed by atoms with Gasteiger partial charge in [-0.25, -0.2) is 4.98 Å². The number of ether oxygens (including phenoxy) is 2. The van der Waals surface area contributed by atoms with Crippen molar-refractivity contribution in [3.63, 3.8) is 0 Å². The van der Waals surface area contributed by atoms with Crippen LogP contribution in [0.4, 0.5) is 10.8 Å². The average molecular weight is 653 g/mol. The standard InChI is InChI=1S/C35H32N4O5S2/c1-4-30(34(42)39-35-38-27-15-8-9-16-31(27)46-35)45-26-14-10-13-24(21-26)36-33(41)28(37-32(40)22-11-6-5-7-12-22)20-23-19-25(43-2)17-18-29(23)44-3/h5-21,30H,4H2,1-3H3,(H,36,41)(H,37,40)(H,38,39,42)/b28-20+. The summed E-state index contributed by atoms with van der Waals surface area (Å²) in [6.45, 7) is 1.95. The second kappa shape index (κ2) is 15.2. The van der Waals surface area contributed by atoms with Crippen molar-refractivity contribution in [1.82, 2.24) is 10.3 Å². The van der Waals surface area contributed by atoms with Crippen molar-refractivity contribution in [3.8, 4) is 11.5 Å². The fourth-order valence-electron chi connectivity index (χ4n) is 4.49. The molecule has 46 heavy (non-hydrogen) atoms. The quantitative estimate of drug-likeness (QED) is 0.0961. The minimum Gasteiger partial charge on any atom is -0.497 e. The lowest BCUT2D eigenvalue weighted by Crippen LogP contribution is -2.30. The van der Waals surface area contributed by atoms with Crippen LogP contribution in [0.15, 0.2) is 108 Å². The zero-order valence-corrected chi connectivity index (χ0v) is 27.0. The number of nitrogens with one attached hydrogen (secondary N) is 3. The number of thioether (sulfide) groups is 1. The number of hydrogen-bond acceptors (Lipinski definition) is 8. The minimum atomic E-state index is -0.545. The average Bonchev–Trinajstić information content (AvgIpc) is 3.49. The number of anilines is 2. The zero-order valence-electron chi connectivity index (χ0n) is 25.4. The Hall–Kier alpha value is -5.13. The number of thiazole rings is 1. The normalized spacial score (nSPS) is 11.8. The predicted molar refractivity (Wildman–Crippen MR) is 185 cm³/mol. The second-order valence-corrected chi connectivity index (χ2v) is 12.3. The molecule has 4 aromatic carbocycles. The highest BCUT2D eigenvalue weighted by atomic mass is 32.2. The van der Waals surface area contributed by atoms with Gasteiger partial charge in [-0.3, -0.25) is 14.4 Å². The van der Waals surface area contributed by atoms with Crippen LogP contribution in [0, 0.1) is 0 Å². The Labute approximate surface area is 275 Å². The van der Waals surface area contributed by atoms with Gasteiger partial charge in [0.1, 0.15) is 17.2 Å². The number of nitrogens with zero attached hydrogens (tertiary/aromatic N) is 1. The van der Waals surface area contributed by atoms with Gasteiger partial charge in [-0.15, -0.1) is 11.8 Å². The highest BCUT2D eigenvalue weighted by molar-refractivity contribution is 8.00. The van der Waals surface area contributed by atoms with Crippen LogP contribution in [0.2, 0.25) is 0 Å². The third kappa shape index (κ3) is 8.12. The van der Waals surface area contributed by atoms with Crippen LogP contribution < -0.4 is 25.4 Å². The van der Waals surface area contributed by atoms with Gasteiger partial charge in [-0.1, -0.05) is 54.7 Å². The first-order valence-corrected chi connectivity index (χ1v) is 16.1. The van der Waals surface area contributed by atoms with E-state index < -0.39 is 11.8 Å². The lowest BCUT2D eigenvalue weighted by Gasteiger charge is -2.15. The molecule has 3 N–H and O–H groups in total. The number of para-hydroxylation sites is 1. The van der Waals surface area contributed by atoms with Crippen LogP contribution in [-0.2, 0) is 9.59 Å². The molecule has 234 valence electrons. The van der Waals surface area contributed by atoms with E-state index in [1.807, 2.05) is 37.3 Å². The Balaban J connectivity index is 1.34. The first-order valence-electron chi connectivity index (χ1n) is 14.4. The predicted octanol–water partition coefficient (Wildman–Crippen LogP) is 7.23. The Morgan fingerprint density at radius 2 is 1.67 bits per heavy atom. The summed E-state index contributed by atoms with van der Waals surface area (Å²) in [6, 6.07) is 28.7. The van der Waals surface area contributed by atoms with Crippen LogP contribution >= 0.6 is 23.1 Å². The van der Waals surface area contributed by atoms with Gasteiger partial charge in [0.05, 0.1) is 29.7 Å². The van der Waals surface area contributed by atoms with Crippen LogP contribution in [0.25, 0.3) is 16.3 Å². The van der Waals surface area contributed by atoms with Gasteiger partial charge in [0.15, 0.2) is 5.13 Å². The fraction of sp³-hybridized carbons (Fsp3) is 0.143. The summed E-state index contributed by atoms with van der Waals surface area (Å²) in [4.78, 5) is 45.2. The number of benzene rings is 4. The van der Waals surface area contributed by atoms with Crippen molar-refractivity contribution in [1.29, 1.82) is 0 Å². The highest BCUT2D eigenvalue weighted by Gasteiger charge is 2.21. The molecule has 3 amide bonds. The third-order valence-electron chi connectivity index (χ3n) is 6.82. The van der Waals surface area contributed by atoms with Gasteiger partial charge in [-0.05, 0) is 73.2 Å². The number of rotatable bonds is 12. The smallest absolute Gasteiger partial charge is 0.272 e. The molecule has 1 atom stereocenters. The summed E-state index contributed by atoms with van der Waals surface area (Å²) in [5.41, 5.74) is 2.26. The Bertz CT molecular complexity index is 1860. The topological polar surface area (TPSA) is 119 Å². The molecule has 0 aliphatic rings. The molecule has 0 spiro atoms. The van der Waals surface area contributed by atoms with E-state index >= 15 is 0 Å². The summed E-state index contributed by atoms with van der Waals surface area (Å²) in [7, 11) is 3.06. The molecular formula is C35H32N4O5S2. The minimum absolute atomic E-state index is 0.000101. The first kappa shape index (κ1) is 32.3. The summed E-state index contributed by atoms with van der Waals surface area (Å²) in [6.07, 6.45) is 2.12. The molecule has 0 radical (unpaired) electrons. The van der Waals surface area contributed by atoms with Crippen LogP contribution in [-0.4, -0.2) is 42.2 Å². The van der Waals surface area contributed by atoms with Crippen molar-refractivity contribution >= 4 is 67.9 Å². The summed E-state index contributed by atoms with van der Waals surface area (Å²) in [5, 5.41) is 8.74. The summed E-state index contributed by atoms with van der Waals surface area (Å²) >= 11 is 2.82. The van der Waals surface area contributed by atoms with Crippen molar-refractivity contribution in [2.45, 2.75) is 23.5 Å². The molecule has 11 heteroatoms. The number of carbonyl (C=O) groups excluding carboxylic acids is 3. The van der Waals surface area contributed by atoms with Crippen molar-refractivity contribution in [2.75, 3.05) is 24.9 Å². The monoisotopic (exact) mass is 652 g/mol. The van der Waals surface area contributed by atoms with Gasteiger partial charge < -0.3 is 25.4 Å². The fourth-order valence-corrected chi connectivity index (χ4v) is 6.38. The number of carbonyl (C=O) groups is 3. The summed E-state index contributed by atoms with van der Waals surface area (Å²) in [5.74, 6) is -0.0890. The van der Waals surface area contributed by atoms with Crippen molar-refractivity contribution in [2.24, 2.45) is 0 Å². The molecule has 0 saturated carbocycles. The van der Waals surface area contributed by atoms with Crippen molar-refractivity contribution < 1.29 is 23.9 Å². The SMILES string of the molecule is CCC(Sc1cccc(NC(=O)/C(=C\c2cc(OC)ccc2OC)NC(=O)c2ccccc2)c1)C(=O)Nc1nc2ccccc2s1. The van der Waals surface area contributed by atoms with Gasteiger partial charge >= 0.3 is 0 Å². The molecule has 0 bridgehead atoms. The largest absolute Gasteiger partial charge is 0.497 e. The van der Waals surface area contributed by atoms with Gasteiger partial charge in [0.25, 0.3) is 11.8 Å². The van der Waals surface area contributed by atoms with E-state index in [0.717, 1.165) is 15.1 Å². The Morgan fingerprint density at radius 1 is 0.891 bits per heavy atom. The first-order chi connectivity index (χ1) is 22.4. The maximum atomic E-state index is 13.7. The van der Waals surface area contributed by atoms with E-state index in [-0.39, 0.29) is 16.9 Å². The van der Waals surface area contributed by atoms with E-state index in [9.17, 15) is 14.4 Å². The van der Waals surface area contributed by atoms with Gasteiger partial charge in [-0.2, -0.15) is 0 Å². The highest BCUT2D eigenvalue weighted by Crippen LogP contribution is 2.31. The Morgan fingerprint density at radius 3 is 2.41 bits per heavy atom. The van der Waals surface area contributed by atoms with E-state index in [0.29, 0.717) is 39.9 Å². The third-order valence-corrected chi connectivity index (χ3v) is 9.13. The van der Waals surface area contributed by atoms with E-state index in [1.165, 1.54) is 36.3 Å². The second-order valence-electron chi connectivity index (χ2n) is 9.96. The summed E-state index contributed by atoms with van der Waals surface area (Å²) < 4.78 is 11.8. The lowest BCUT2D eigenvalue weighted by molar-refractivity contribution is -0.116. The lowest BCUT2D eigenvalue weighted by atomic mass is 10.1. The molecule has 0 saturated heterocycles.